The molecule has 0 aliphatic carbocycles. The molecule has 2 aromatic rings. The van der Waals surface area contributed by atoms with Crippen molar-refractivity contribution in [3.8, 4) is 12.3 Å². The van der Waals surface area contributed by atoms with Gasteiger partial charge < -0.3 is 0 Å². The topological polar surface area (TPSA) is 12.9 Å². The lowest BCUT2D eigenvalue weighted by molar-refractivity contribution is 1.39. The molecule has 0 N–H and O–H groups in total. The molecule has 12 heavy (non-hydrogen) atoms. The highest BCUT2D eigenvalue weighted by Gasteiger charge is 1.96. The number of nitrogens with zero attached hydrogens (tertiary/aromatic N) is 1. The standard InChI is InChI=1S/C11H6N/c1-2-9-5-3-7-11-10(9)6-4-8-12-11/h1,3-7H. The zero-order valence-electron chi connectivity index (χ0n) is 6.41. The largest absolute Gasteiger partial charge is 0.246 e. The fourth-order valence-electron chi connectivity index (χ4n) is 1.18. The minimum atomic E-state index is 0.883. The highest BCUT2D eigenvalue weighted by molar-refractivity contribution is 5.84. The van der Waals surface area contributed by atoms with Gasteiger partial charge in [-0.25, -0.2) is 4.98 Å². The van der Waals surface area contributed by atoms with E-state index >= 15 is 0 Å². The Hall–Kier alpha value is -1.81. The van der Waals surface area contributed by atoms with Crippen LogP contribution in [0.15, 0.2) is 30.3 Å². The molecule has 0 fully saturated rings. The Kier molecular flexibility index (Phi) is 1.53. The van der Waals surface area contributed by atoms with E-state index in [2.05, 4.69) is 17.1 Å². The molecule has 1 nitrogen and oxygen atoms in total. The van der Waals surface area contributed by atoms with Gasteiger partial charge in [0.15, 0.2) is 0 Å². The van der Waals surface area contributed by atoms with Gasteiger partial charge >= 0.3 is 0 Å². The molecule has 0 bridgehead atoms. The van der Waals surface area contributed by atoms with Crippen molar-refractivity contribution in [3.63, 3.8) is 0 Å². The number of terminal acetylenes is 1. The highest BCUT2D eigenvalue weighted by atomic mass is 14.6. The smallest absolute Gasteiger partial charge is 0.0894 e. The van der Waals surface area contributed by atoms with Crippen LogP contribution in [0.2, 0.25) is 0 Å². The number of fused-ring (bicyclic) bond motifs is 1. The first-order chi connectivity index (χ1) is 5.92. The highest BCUT2D eigenvalue weighted by Crippen LogP contribution is 2.14. The van der Waals surface area contributed by atoms with Crippen molar-refractivity contribution >= 4 is 10.9 Å². The van der Waals surface area contributed by atoms with Gasteiger partial charge in [-0.05, 0) is 24.3 Å². The lowest BCUT2D eigenvalue weighted by Gasteiger charge is -1.97. The summed E-state index contributed by atoms with van der Waals surface area (Å²) in [7, 11) is 0. The van der Waals surface area contributed by atoms with E-state index in [1.807, 2.05) is 24.3 Å². The third-order valence-electron chi connectivity index (χ3n) is 1.75. The van der Waals surface area contributed by atoms with Crippen LogP contribution in [0.3, 0.4) is 0 Å². The van der Waals surface area contributed by atoms with Crippen LogP contribution in [0.4, 0.5) is 0 Å². The Labute approximate surface area is 71.1 Å². The molecule has 55 valence electrons. The molecule has 0 saturated heterocycles. The maximum absolute atomic E-state index is 5.33. The quantitative estimate of drug-likeness (QED) is 0.526. The molecule has 0 amide bonds. The van der Waals surface area contributed by atoms with Crippen molar-refractivity contribution in [2.75, 3.05) is 0 Å². The van der Waals surface area contributed by atoms with Gasteiger partial charge in [0.2, 0.25) is 0 Å². The summed E-state index contributed by atoms with van der Waals surface area (Å²) in [5, 5.41) is 1.01. The molecular formula is C11H6N. The maximum atomic E-state index is 5.33. The van der Waals surface area contributed by atoms with E-state index in [-0.39, 0.29) is 0 Å². The summed E-state index contributed by atoms with van der Waals surface area (Å²) in [5.41, 5.74) is 1.78. The van der Waals surface area contributed by atoms with Gasteiger partial charge in [0.05, 0.1) is 11.7 Å². The van der Waals surface area contributed by atoms with E-state index in [1.54, 1.807) is 6.07 Å². The molecule has 0 atom stereocenters. The van der Waals surface area contributed by atoms with Crippen LogP contribution in [0.5, 0.6) is 0 Å². The van der Waals surface area contributed by atoms with Crippen LogP contribution in [0.1, 0.15) is 5.56 Å². The summed E-state index contributed by atoms with van der Waals surface area (Å²) < 4.78 is 0. The van der Waals surface area contributed by atoms with Gasteiger partial charge in [0.25, 0.3) is 0 Å². The van der Waals surface area contributed by atoms with Gasteiger partial charge in [-0.2, -0.15) is 0 Å². The molecule has 1 heterocycles. The Morgan fingerprint density at radius 1 is 1.33 bits per heavy atom. The van der Waals surface area contributed by atoms with Crippen LogP contribution in [0.25, 0.3) is 10.9 Å². The molecule has 0 unspecified atom stereocenters. The summed E-state index contributed by atoms with van der Waals surface area (Å²) in [6.07, 6.45) is 8.10. The summed E-state index contributed by atoms with van der Waals surface area (Å²) in [4.78, 5) is 4.07. The Morgan fingerprint density at radius 3 is 3.08 bits per heavy atom. The summed E-state index contributed by atoms with van der Waals surface area (Å²) in [5.74, 6) is 2.62. The van der Waals surface area contributed by atoms with Crippen molar-refractivity contribution in [3.05, 3.63) is 42.1 Å². The van der Waals surface area contributed by atoms with Crippen molar-refractivity contribution in [2.45, 2.75) is 0 Å². The number of hydrogen-bond donors (Lipinski definition) is 0. The molecule has 0 spiro atoms. The third kappa shape index (κ3) is 0.943. The predicted octanol–water partition coefficient (Wildman–Crippen LogP) is 2.02. The molecule has 0 aliphatic rings. The minimum Gasteiger partial charge on any atom is -0.246 e. The lowest BCUT2D eigenvalue weighted by Crippen LogP contribution is -1.81. The summed E-state index contributed by atoms with van der Waals surface area (Å²) in [6, 6.07) is 9.43. The van der Waals surface area contributed by atoms with E-state index < -0.39 is 0 Å². The number of pyridine rings is 1. The number of benzene rings is 1. The zero-order valence-corrected chi connectivity index (χ0v) is 6.41. The molecule has 0 saturated carbocycles. The normalized spacial score (nSPS) is 9.58. The van der Waals surface area contributed by atoms with Gasteiger partial charge in [-0.3, -0.25) is 0 Å². The van der Waals surface area contributed by atoms with Crippen LogP contribution in [0, 0.1) is 18.5 Å². The van der Waals surface area contributed by atoms with Crippen LogP contribution in [-0.4, -0.2) is 4.98 Å². The van der Waals surface area contributed by atoms with Gasteiger partial charge in [-0.1, -0.05) is 12.0 Å². The first-order valence-corrected chi connectivity index (χ1v) is 3.64. The molecule has 1 aromatic carbocycles. The molecule has 1 aromatic heterocycles. The zero-order chi connectivity index (χ0) is 8.39. The maximum Gasteiger partial charge on any atom is 0.0894 e. The van der Waals surface area contributed by atoms with Gasteiger partial charge in [-0.15, -0.1) is 6.42 Å². The average molecular weight is 152 g/mol. The second-order valence-electron chi connectivity index (χ2n) is 2.46. The second kappa shape index (κ2) is 2.67. The first-order valence-electron chi connectivity index (χ1n) is 3.64. The van der Waals surface area contributed by atoms with E-state index in [0.29, 0.717) is 0 Å². The third-order valence-corrected chi connectivity index (χ3v) is 1.75. The fourth-order valence-corrected chi connectivity index (χ4v) is 1.18. The minimum absolute atomic E-state index is 0.883. The van der Waals surface area contributed by atoms with E-state index in [0.717, 1.165) is 16.5 Å². The molecule has 0 aliphatic heterocycles. The van der Waals surface area contributed by atoms with Gasteiger partial charge in [0, 0.05) is 10.9 Å². The monoisotopic (exact) mass is 152 g/mol. The second-order valence-corrected chi connectivity index (χ2v) is 2.46. The predicted molar refractivity (Wildman–Crippen MR) is 48.5 cm³/mol. The van der Waals surface area contributed by atoms with Crippen molar-refractivity contribution < 1.29 is 0 Å². The van der Waals surface area contributed by atoms with Crippen LogP contribution in [-0.2, 0) is 0 Å². The summed E-state index contributed by atoms with van der Waals surface area (Å²) >= 11 is 0. The number of rotatable bonds is 0. The average Bonchev–Trinajstić information content (AvgIpc) is 2.17. The Morgan fingerprint density at radius 2 is 2.25 bits per heavy atom. The van der Waals surface area contributed by atoms with E-state index in [4.69, 9.17) is 6.42 Å². The molecular weight excluding hydrogens is 146 g/mol. The molecule has 2 rings (SSSR count). The first kappa shape index (κ1) is 6.87. The van der Waals surface area contributed by atoms with Crippen molar-refractivity contribution in [2.24, 2.45) is 0 Å². The number of aromatic nitrogens is 1. The Balaban J connectivity index is 2.91. The SMILES string of the molecule is C#Cc1cccc2n[c]ccc12. The van der Waals surface area contributed by atoms with Gasteiger partial charge in [0.1, 0.15) is 0 Å². The lowest BCUT2D eigenvalue weighted by atomic mass is 10.1. The van der Waals surface area contributed by atoms with Crippen molar-refractivity contribution in [1.82, 2.24) is 4.98 Å². The van der Waals surface area contributed by atoms with E-state index in [9.17, 15) is 0 Å². The molecule has 1 radical (unpaired) electrons. The number of hydrogen-bond acceptors (Lipinski definition) is 1. The van der Waals surface area contributed by atoms with E-state index in [1.165, 1.54) is 0 Å². The molecule has 1 heteroatoms. The summed E-state index contributed by atoms with van der Waals surface area (Å²) in [6.45, 7) is 0. The fraction of sp³-hybridized carbons (Fsp3) is 0. The Bertz CT molecular complexity index is 447. The van der Waals surface area contributed by atoms with Crippen LogP contribution < -0.4 is 0 Å². The van der Waals surface area contributed by atoms with Crippen LogP contribution >= 0.6 is 0 Å². The van der Waals surface area contributed by atoms with Crippen molar-refractivity contribution in [1.29, 1.82) is 0 Å².